The zero-order valence-corrected chi connectivity index (χ0v) is 19.5. The molecule has 3 rings (SSSR count). The molecule has 0 bridgehead atoms. The maximum absolute atomic E-state index is 13.9. The number of aliphatic hydroxyl groups excluding tert-OH is 2. The number of amides is 3. The van der Waals surface area contributed by atoms with Crippen molar-refractivity contribution in [3.8, 4) is 5.88 Å². The van der Waals surface area contributed by atoms with Crippen LogP contribution in [0.3, 0.4) is 0 Å². The summed E-state index contributed by atoms with van der Waals surface area (Å²) in [6.07, 6.45) is -0.0850. The minimum absolute atomic E-state index is 0.0251. The van der Waals surface area contributed by atoms with Gasteiger partial charge in [-0.2, -0.15) is 4.37 Å². The van der Waals surface area contributed by atoms with Gasteiger partial charge in [-0.15, -0.1) is 0 Å². The Labute approximate surface area is 202 Å². The van der Waals surface area contributed by atoms with E-state index in [-0.39, 0.29) is 21.5 Å². The first kappa shape index (κ1) is 26.0. The number of hydrogen-bond donors (Lipinski definition) is 5. The number of ether oxygens (including phenoxy) is 1. The van der Waals surface area contributed by atoms with Crippen LogP contribution in [0.4, 0.5) is 18.6 Å². The number of nitrogens with zero attached hydrogens (tertiary/aromatic N) is 2. The van der Waals surface area contributed by atoms with Gasteiger partial charge in [0.05, 0.1) is 17.8 Å². The number of anilines is 1. The van der Waals surface area contributed by atoms with Crippen molar-refractivity contribution < 1.29 is 33.3 Å². The van der Waals surface area contributed by atoms with Gasteiger partial charge in [-0.05, 0) is 43.1 Å². The summed E-state index contributed by atoms with van der Waals surface area (Å²) >= 11 is 6.32. The van der Waals surface area contributed by atoms with Crippen LogP contribution in [0.25, 0.3) is 0 Å². The molecular weight excluding hydrogens is 496 g/mol. The third kappa shape index (κ3) is 6.73. The number of carbonyl (C=O) groups is 2. The van der Waals surface area contributed by atoms with Crippen LogP contribution in [0.5, 0.6) is 5.88 Å². The lowest BCUT2D eigenvalue weighted by Gasteiger charge is -2.14. The van der Waals surface area contributed by atoms with Gasteiger partial charge >= 0.3 is 6.03 Å². The highest BCUT2D eigenvalue weighted by atomic mass is 35.5. The van der Waals surface area contributed by atoms with Gasteiger partial charge in [0.25, 0.3) is 5.91 Å². The van der Waals surface area contributed by atoms with Crippen LogP contribution in [0.2, 0.25) is 5.02 Å². The average Bonchev–Trinajstić information content (AvgIpc) is 3.29. The Kier molecular flexibility index (Phi) is 8.97. The number of nitrogens with one attached hydrogen (secondary N) is 2. The molecule has 1 fully saturated rings. The van der Waals surface area contributed by atoms with Gasteiger partial charge in [0, 0.05) is 24.7 Å². The maximum atomic E-state index is 13.9. The molecule has 1 saturated heterocycles. The third-order valence-electron chi connectivity index (χ3n) is 5.11. The zero-order valence-electron chi connectivity index (χ0n) is 17.9. The predicted molar refractivity (Wildman–Crippen MR) is 121 cm³/mol. The number of β-amino-alcohol motifs (C(OH)–C–C–N with tert-alkyl or cyclic N) is 2. The van der Waals surface area contributed by atoms with E-state index in [1.54, 1.807) is 0 Å². The number of rotatable bonds is 10. The van der Waals surface area contributed by atoms with Crippen molar-refractivity contribution in [3.63, 3.8) is 0 Å². The van der Waals surface area contributed by atoms with E-state index in [1.807, 2.05) is 4.90 Å². The first-order valence-electron chi connectivity index (χ1n) is 10.3. The van der Waals surface area contributed by atoms with Crippen LogP contribution in [0.1, 0.15) is 28.8 Å². The molecule has 14 heteroatoms. The van der Waals surface area contributed by atoms with E-state index in [4.69, 9.17) is 22.1 Å². The van der Waals surface area contributed by atoms with Gasteiger partial charge in [0.1, 0.15) is 28.8 Å². The van der Waals surface area contributed by atoms with Gasteiger partial charge in [0.15, 0.2) is 0 Å². The van der Waals surface area contributed by atoms with E-state index < -0.39 is 48.0 Å². The van der Waals surface area contributed by atoms with E-state index in [1.165, 1.54) is 0 Å². The van der Waals surface area contributed by atoms with Crippen molar-refractivity contribution in [2.45, 2.75) is 31.7 Å². The van der Waals surface area contributed by atoms with E-state index in [2.05, 4.69) is 15.0 Å². The van der Waals surface area contributed by atoms with Gasteiger partial charge in [-0.25, -0.2) is 13.6 Å². The van der Waals surface area contributed by atoms with Crippen molar-refractivity contribution in [1.29, 1.82) is 0 Å². The number of benzene rings is 1. The Morgan fingerprint density at radius 2 is 1.88 bits per heavy atom. The molecule has 186 valence electrons. The Hall–Kier alpha value is -2.58. The molecule has 10 nitrogen and oxygen atoms in total. The number of primary amides is 1. The highest BCUT2D eigenvalue weighted by molar-refractivity contribution is 7.11. The van der Waals surface area contributed by atoms with Crippen molar-refractivity contribution in [3.05, 3.63) is 39.9 Å². The number of hydrogen-bond acceptors (Lipinski definition) is 8. The first-order chi connectivity index (χ1) is 16.2. The van der Waals surface area contributed by atoms with Gasteiger partial charge in [0.2, 0.25) is 5.88 Å². The summed E-state index contributed by atoms with van der Waals surface area (Å²) in [5.74, 6) is -3.05. The van der Waals surface area contributed by atoms with Crippen molar-refractivity contribution in [2.75, 3.05) is 31.5 Å². The molecule has 1 aliphatic heterocycles. The van der Waals surface area contributed by atoms with Crippen LogP contribution >= 0.6 is 23.1 Å². The van der Waals surface area contributed by atoms with Crippen LogP contribution in [0, 0.1) is 11.6 Å². The molecule has 2 heterocycles. The minimum Gasteiger partial charge on any atom is -0.471 e. The number of urea groups is 1. The predicted octanol–water partition coefficient (Wildman–Crippen LogP) is 1.69. The Morgan fingerprint density at radius 1 is 1.24 bits per heavy atom. The fourth-order valence-corrected chi connectivity index (χ4v) is 4.29. The fourth-order valence-electron chi connectivity index (χ4n) is 3.37. The lowest BCUT2D eigenvalue weighted by atomic mass is 10.2. The standard InChI is InChI=1S/C20H24ClF2N5O5S/c21-10-5-12(22)11(13(23)6-10)9-33-18-16(17(24)31)19(34-27-18)26-20(32)25-3-1-2-4-28-7-14(29)15(30)8-28/h5-6,14-15,29-30H,1-4,7-9H2,(H2,24,31)(H2,25,26,32). The number of unbranched alkanes of at least 4 members (excludes halogenated alkanes) is 1. The smallest absolute Gasteiger partial charge is 0.319 e. The summed E-state index contributed by atoms with van der Waals surface area (Å²) in [4.78, 5) is 26.0. The summed E-state index contributed by atoms with van der Waals surface area (Å²) in [7, 11) is 0. The monoisotopic (exact) mass is 519 g/mol. The molecule has 0 radical (unpaired) electrons. The lowest BCUT2D eigenvalue weighted by Crippen LogP contribution is -2.31. The van der Waals surface area contributed by atoms with Crippen molar-refractivity contribution in [2.24, 2.45) is 5.73 Å². The third-order valence-corrected chi connectivity index (χ3v) is 6.08. The molecule has 2 aromatic rings. The van der Waals surface area contributed by atoms with Gasteiger partial charge in [-0.1, -0.05) is 11.6 Å². The average molecular weight is 520 g/mol. The van der Waals surface area contributed by atoms with Crippen LogP contribution in [-0.4, -0.2) is 69.8 Å². The molecule has 0 saturated carbocycles. The van der Waals surface area contributed by atoms with Crippen molar-refractivity contribution >= 4 is 40.1 Å². The fraction of sp³-hybridized carbons (Fsp3) is 0.450. The van der Waals surface area contributed by atoms with E-state index in [0.717, 1.165) is 30.1 Å². The van der Waals surface area contributed by atoms with Crippen LogP contribution in [0.15, 0.2) is 12.1 Å². The molecule has 0 aliphatic carbocycles. The Bertz CT molecular complexity index is 1010. The molecular formula is C20H24ClF2N5O5S. The lowest BCUT2D eigenvalue weighted by molar-refractivity contribution is 0.0572. The molecule has 34 heavy (non-hydrogen) atoms. The van der Waals surface area contributed by atoms with E-state index in [9.17, 15) is 28.6 Å². The highest BCUT2D eigenvalue weighted by Crippen LogP contribution is 2.31. The normalized spacial score (nSPS) is 18.1. The Balaban J connectivity index is 1.49. The maximum Gasteiger partial charge on any atom is 0.319 e. The van der Waals surface area contributed by atoms with Gasteiger partial charge < -0.3 is 26.0 Å². The number of likely N-dealkylation sites (tertiary alicyclic amines) is 1. The summed E-state index contributed by atoms with van der Waals surface area (Å²) in [5, 5.41) is 24.1. The van der Waals surface area contributed by atoms with Crippen LogP contribution in [-0.2, 0) is 6.61 Å². The van der Waals surface area contributed by atoms with Crippen LogP contribution < -0.4 is 21.1 Å². The zero-order chi connectivity index (χ0) is 24.8. The quantitative estimate of drug-likeness (QED) is 0.300. The molecule has 2 unspecified atom stereocenters. The summed E-state index contributed by atoms with van der Waals surface area (Å²) in [6.45, 7) is 1.27. The Morgan fingerprint density at radius 3 is 2.50 bits per heavy atom. The molecule has 0 spiro atoms. The summed E-state index contributed by atoms with van der Waals surface area (Å²) in [5.41, 5.74) is 4.75. The number of carbonyl (C=O) groups excluding carboxylic acids is 2. The second-order valence-corrected chi connectivity index (χ2v) is 8.88. The number of halogens is 3. The summed E-state index contributed by atoms with van der Waals surface area (Å²) in [6, 6.07) is 1.25. The topological polar surface area (TPSA) is 150 Å². The van der Waals surface area contributed by atoms with Crippen molar-refractivity contribution in [1.82, 2.24) is 14.6 Å². The molecule has 6 N–H and O–H groups in total. The molecule has 1 aliphatic rings. The first-order valence-corrected chi connectivity index (χ1v) is 11.5. The van der Waals surface area contributed by atoms with Gasteiger partial charge in [-0.3, -0.25) is 15.0 Å². The number of aliphatic hydroxyl groups is 2. The SMILES string of the molecule is NC(=O)c1c(OCc2c(F)cc(Cl)cc2F)nsc1NC(=O)NCCCCN1CC(O)C(O)C1. The molecule has 3 amide bonds. The summed E-state index contributed by atoms with van der Waals surface area (Å²) < 4.78 is 37.1. The number of aromatic nitrogens is 1. The second kappa shape index (κ2) is 11.7. The van der Waals surface area contributed by atoms with E-state index in [0.29, 0.717) is 32.6 Å². The number of nitrogens with two attached hydrogens (primary N) is 1. The molecule has 1 aromatic carbocycles. The largest absolute Gasteiger partial charge is 0.471 e. The van der Waals surface area contributed by atoms with E-state index >= 15 is 0 Å². The molecule has 2 atom stereocenters. The minimum atomic E-state index is -0.939. The highest BCUT2D eigenvalue weighted by Gasteiger charge is 2.28. The molecule has 1 aromatic heterocycles. The second-order valence-electron chi connectivity index (χ2n) is 7.68.